The summed E-state index contributed by atoms with van der Waals surface area (Å²) in [5.41, 5.74) is 0.786. The van der Waals surface area contributed by atoms with Gasteiger partial charge in [-0.1, -0.05) is 30.3 Å². The monoisotopic (exact) mass is 303 g/mol. The molecule has 1 heterocycles. The highest BCUT2D eigenvalue weighted by molar-refractivity contribution is 7.13. The van der Waals surface area contributed by atoms with E-state index in [0.717, 1.165) is 10.4 Å². The molecule has 0 radical (unpaired) electrons. The zero-order chi connectivity index (χ0) is 15.4. The number of nitrogens with one attached hydrogen (secondary N) is 1. The van der Waals surface area contributed by atoms with Crippen molar-refractivity contribution < 1.29 is 14.7 Å². The first-order valence-corrected chi connectivity index (χ1v) is 7.45. The fourth-order valence-electron chi connectivity index (χ4n) is 2.07. The standard InChI is InChI=1S/C16H17NO3S/c1-10-8-9-13(21-10)15(18)17-14(11(2)16(19)20)12-6-4-3-5-7-12/h3-9,11,14H,1-2H3,(H,17,18)(H,19,20). The molecule has 2 aromatic rings. The average Bonchev–Trinajstić information content (AvgIpc) is 2.91. The molecule has 0 aliphatic rings. The van der Waals surface area contributed by atoms with E-state index >= 15 is 0 Å². The number of amides is 1. The summed E-state index contributed by atoms with van der Waals surface area (Å²) < 4.78 is 0. The van der Waals surface area contributed by atoms with Crippen molar-refractivity contribution in [3.8, 4) is 0 Å². The van der Waals surface area contributed by atoms with Crippen molar-refractivity contribution in [3.63, 3.8) is 0 Å². The van der Waals surface area contributed by atoms with Crippen LogP contribution >= 0.6 is 11.3 Å². The molecule has 21 heavy (non-hydrogen) atoms. The van der Waals surface area contributed by atoms with Crippen LogP contribution in [0.5, 0.6) is 0 Å². The van der Waals surface area contributed by atoms with Crippen LogP contribution in [-0.2, 0) is 4.79 Å². The molecule has 0 aliphatic heterocycles. The van der Waals surface area contributed by atoms with Crippen LogP contribution in [0.2, 0.25) is 0 Å². The van der Waals surface area contributed by atoms with E-state index in [1.165, 1.54) is 11.3 Å². The smallest absolute Gasteiger partial charge is 0.308 e. The number of aryl methyl sites for hydroxylation is 1. The van der Waals surface area contributed by atoms with Crippen LogP contribution in [-0.4, -0.2) is 17.0 Å². The fourth-order valence-corrected chi connectivity index (χ4v) is 2.84. The first-order chi connectivity index (χ1) is 9.99. The van der Waals surface area contributed by atoms with Crippen LogP contribution in [0.1, 0.15) is 33.1 Å². The Morgan fingerprint density at radius 2 is 1.81 bits per heavy atom. The highest BCUT2D eigenvalue weighted by Crippen LogP contribution is 2.24. The van der Waals surface area contributed by atoms with E-state index in [4.69, 9.17) is 0 Å². The molecular formula is C16H17NO3S. The number of hydrogen-bond acceptors (Lipinski definition) is 3. The SMILES string of the molecule is Cc1ccc(C(=O)NC(c2ccccc2)C(C)C(=O)O)s1. The third-order valence-corrected chi connectivity index (χ3v) is 4.30. The maximum Gasteiger partial charge on any atom is 0.308 e. The average molecular weight is 303 g/mol. The lowest BCUT2D eigenvalue weighted by Gasteiger charge is -2.22. The van der Waals surface area contributed by atoms with E-state index < -0.39 is 17.9 Å². The van der Waals surface area contributed by atoms with Gasteiger partial charge in [0.25, 0.3) is 5.91 Å². The predicted octanol–water partition coefficient (Wildman–Crippen LogP) is 3.25. The first-order valence-electron chi connectivity index (χ1n) is 6.64. The van der Waals surface area contributed by atoms with E-state index in [1.54, 1.807) is 13.0 Å². The van der Waals surface area contributed by atoms with Crippen molar-refractivity contribution in [2.45, 2.75) is 19.9 Å². The van der Waals surface area contributed by atoms with Crippen LogP contribution in [0.4, 0.5) is 0 Å². The summed E-state index contributed by atoms with van der Waals surface area (Å²) in [5, 5.41) is 12.1. The summed E-state index contributed by atoms with van der Waals surface area (Å²) in [6, 6.07) is 12.2. The van der Waals surface area contributed by atoms with Crippen molar-refractivity contribution in [1.29, 1.82) is 0 Å². The summed E-state index contributed by atoms with van der Waals surface area (Å²) in [4.78, 5) is 25.2. The summed E-state index contributed by atoms with van der Waals surface area (Å²) in [7, 11) is 0. The normalized spacial score (nSPS) is 13.4. The Hall–Kier alpha value is -2.14. The number of thiophene rings is 1. The second-order valence-corrected chi connectivity index (χ2v) is 6.19. The summed E-state index contributed by atoms with van der Waals surface area (Å²) in [6.45, 7) is 3.52. The quantitative estimate of drug-likeness (QED) is 0.891. The van der Waals surface area contributed by atoms with Gasteiger partial charge in [0.15, 0.2) is 0 Å². The molecule has 1 amide bonds. The van der Waals surface area contributed by atoms with Gasteiger partial charge in [0.05, 0.1) is 16.8 Å². The van der Waals surface area contributed by atoms with Gasteiger partial charge in [-0.15, -0.1) is 11.3 Å². The Morgan fingerprint density at radius 1 is 1.14 bits per heavy atom. The zero-order valence-corrected chi connectivity index (χ0v) is 12.7. The number of carboxylic acid groups (broad SMARTS) is 1. The molecule has 1 aromatic heterocycles. The third kappa shape index (κ3) is 3.70. The van der Waals surface area contributed by atoms with Gasteiger partial charge in [-0.25, -0.2) is 0 Å². The summed E-state index contributed by atoms with van der Waals surface area (Å²) in [5.74, 6) is -1.89. The molecule has 2 unspecified atom stereocenters. The summed E-state index contributed by atoms with van der Waals surface area (Å²) >= 11 is 1.39. The molecule has 0 saturated carbocycles. The van der Waals surface area contributed by atoms with E-state index in [-0.39, 0.29) is 5.91 Å². The highest BCUT2D eigenvalue weighted by atomic mass is 32.1. The maximum absolute atomic E-state index is 12.3. The third-order valence-electron chi connectivity index (χ3n) is 3.30. The second-order valence-electron chi connectivity index (χ2n) is 4.90. The van der Waals surface area contributed by atoms with Crippen molar-refractivity contribution in [1.82, 2.24) is 5.32 Å². The number of carbonyl (C=O) groups is 2. The number of carbonyl (C=O) groups excluding carboxylic acids is 1. The van der Waals surface area contributed by atoms with Gasteiger partial charge in [-0.2, -0.15) is 0 Å². The van der Waals surface area contributed by atoms with E-state index in [0.29, 0.717) is 4.88 Å². The Morgan fingerprint density at radius 3 is 2.33 bits per heavy atom. The van der Waals surface area contributed by atoms with Gasteiger partial charge in [0.2, 0.25) is 0 Å². The lowest BCUT2D eigenvalue weighted by Crippen LogP contribution is -2.35. The lowest BCUT2D eigenvalue weighted by molar-refractivity contribution is -0.142. The highest BCUT2D eigenvalue weighted by Gasteiger charge is 2.27. The van der Waals surface area contributed by atoms with Crippen LogP contribution in [0.15, 0.2) is 42.5 Å². The van der Waals surface area contributed by atoms with Crippen LogP contribution in [0.25, 0.3) is 0 Å². The van der Waals surface area contributed by atoms with Gasteiger partial charge in [-0.3, -0.25) is 9.59 Å². The van der Waals surface area contributed by atoms with E-state index in [2.05, 4.69) is 5.32 Å². The predicted molar refractivity (Wildman–Crippen MR) is 82.5 cm³/mol. The molecule has 110 valence electrons. The molecule has 2 N–H and O–H groups in total. The molecule has 2 atom stereocenters. The van der Waals surface area contributed by atoms with Crippen LogP contribution in [0, 0.1) is 12.8 Å². The lowest BCUT2D eigenvalue weighted by atomic mass is 9.94. The van der Waals surface area contributed by atoms with E-state index in [9.17, 15) is 14.7 Å². The number of rotatable bonds is 5. The molecule has 0 spiro atoms. The number of carboxylic acids is 1. The van der Waals surface area contributed by atoms with Gasteiger partial charge in [-0.05, 0) is 31.5 Å². The molecule has 0 saturated heterocycles. The maximum atomic E-state index is 12.3. The van der Waals surface area contributed by atoms with Crippen molar-refractivity contribution in [3.05, 3.63) is 57.8 Å². The van der Waals surface area contributed by atoms with Gasteiger partial charge in [0.1, 0.15) is 0 Å². The molecule has 2 rings (SSSR count). The van der Waals surface area contributed by atoms with Crippen molar-refractivity contribution in [2.75, 3.05) is 0 Å². The largest absolute Gasteiger partial charge is 0.481 e. The number of aliphatic carboxylic acids is 1. The molecule has 0 bridgehead atoms. The topological polar surface area (TPSA) is 66.4 Å². The van der Waals surface area contributed by atoms with Gasteiger partial charge >= 0.3 is 5.97 Å². The van der Waals surface area contributed by atoms with Crippen molar-refractivity contribution >= 4 is 23.2 Å². The fraction of sp³-hybridized carbons (Fsp3) is 0.250. The molecule has 5 heteroatoms. The minimum atomic E-state index is -0.938. The second kappa shape index (κ2) is 6.54. The van der Waals surface area contributed by atoms with Crippen LogP contribution in [0.3, 0.4) is 0 Å². The van der Waals surface area contributed by atoms with Crippen molar-refractivity contribution in [2.24, 2.45) is 5.92 Å². The Bertz CT molecular complexity index is 636. The minimum absolute atomic E-state index is 0.241. The number of hydrogen-bond donors (Lipinski definition) is 2. The molecule has 1 aromatic carbocycles. The molecule has 0 fully saturated rings. The summed E-state index contributed by atoms with van der Waals surface area (Å²) in [6.07, 6.45) is 0. The van der Waals surface area contributed by atoms with Gasteiger partial charge in [0, 0.05) is 4.88 Å². The zero-order valence-electron chi connectivity index (χ0n) is 11.9. The van der Waals surface area contributed by atoms with E-state index in [1.807, 2.05) is 43.3 Å². The Balaban J connectivity index is 2.24. The Kier molecular flexibility index (Phi) is 4.75. The first kappa shape index (κ1) is 15.3. The number of benzene rings is 1. The van der Waals surface area contributed by atoms with Crippen LogP contribution < -0.4 is 5.32 Å². The molecule has 0 aliphatic carbocycles. The minimum Gasteiger partial charge on any atom is -0.481 e. The molecule has 4 nitrogen and oxygen atoms in total. The van der Waals surface area contributed by atoms with Gasteiger partial charge < -0.3 is 10.4 Å². The molecular weight excluding hydrogens is 286 g/mol. The Labute approximate surface area is 127 Å².